The third-order valence-electron chi connectivity index (χ3n) is 3.40. The van der Waals surface area contributed by atoms with E-state index in [9.17, 15) is 0 Å². The number of likely N-dealkylation sites (N-methyl/N-ethyl adjacent to an activating group) is 1. The topological polar surface area (TPSA) is 54.2 Å². The Balaban J connectivity index is 1.89. The minimum Gasteiger partial charge on any atom is -0.388 e. The molecular formula is C13H20N4S. The maximum absolute atomic E-state index is 5.57. The zero-order chi connectivity index (χ0) is 13.1. The molecule has 0 amide bonds. The molecule has 1 heterocycles. The first kappa shape index (κ1) is 13.2. The van der Waals surface area contributed by atoms with E-state index in [0.717, 1.165) is 18.4 Å². The van der Waals surface area contributed by atoms with E-state index < -0.39 is 0 Å². The highest BCUT2D eigenvalue weighted by Gasteiger charge is 2.28. The molecule has 0 spiro atoms. The molecule has 1 saturated carbocycles. The number of hydrogen-bond acceptors (Lipinski definition) is 4. The molecule has 18 heavy (non-hydrogen) atoms. The summed E-state index contributed by atoms with van der Waals surface area (Å²) >= 11 is 4.92. The lowest BCUT2D eigenvalue weighted by atomic mass is 10.3. The minimum atomic E-state index is 0.335. The molecule has 0 aliphatic heterocycles. The average Bonchev–Trinajstić information content (AvgIpc) is 3.19. The van der Waals surface area contributed by atoms with Gasteiger partial charge in [-0.05, 0) is 38.9 Å². The molecule has 4 nitrogen and oxygen atoms in total. The first-order valence-electron chi connectivity index (χ1n) is 6.30. The van der Waals surface area contributed by atoms with Gasteiger partial charge in [0.15, 0.2) is 0 Å². The van der Waals surface area contributed by atoms with Crippen molar-refractivity contribution < 1.29 is 0 Å². The van der Waals surface area contributed by atoms with E-state index in [4.69, 9.17) is 18.0 Å². The van der Waals surface area contributed by atoms with Gasteiger partial charge in [-0.3, -0.25) is 4.90 Å². The fraction of sp³-hybridized carbons (Fsp3) is 0.538. The molecule has 0 bridgehead atoms. The Morgan fingerprint density at radius 1 is 1.61 bits per heavy atom. The van der Waals surface area contributed by atoms with Crippen LogP contribution in [-0.2, 0) is 0 Å². The van der Waals surface area contributed by atoms with E-state index in [1.54, 1.807) is 0 Å². The summed E-state index contributed by atoms with van der Waals surface area (Å²) in [6.45, 7) is 3.10. The fourth-order valence-electron chi connectivity index (χ4n) is 1.91. The lowest BCUT2D eigenvalue weighted by Crippen LogP contribution is -2.36. The smallest absolute Gasteiger partial charge is 0.126 e. The largest absolute Gasteiger partial charge is 0.388 e. The summed E-state index contributed by atoms with van der Waals surface area (Å²) in [5, 5.41) is 3.34. The van der Waals surface area contributed by atoms with Crippen LogP contribution in [0.3, 0.4) is 0 Å². The second-order valence-electron chi connectivity index (χ2n) is 4.90. The van der Waals surface area contributed by atoms with Gasteiger partial charge in [-0.1, -0.05) is 18.3 Å². The van der Waals surface area contributed by atoms with Gasteiger partial charge in [0, 0.05) is 18.6 Å². The van der Waals surface area contributed by atoms with Crippen LogP contribution in [0, 0.1) is 0 Å². The Labute approximate surface area is 114 Å². The predicted octanol–water partition coefficient (Wildman–Crippen LogP) is 1.61. The molecule has 98 valence electrons. The number of nitrogens with two attached hydrogens (primary N) is 1. The highest BCUT2D eigenvalue weighted by Crippen LogP contribution is 2.26. The molecule has 1 aromatic rings. The van der Waals surface area contributed by atoms with E-state index in [1.807, 2.05) is 18.2 Å². The zero-order valence-corrected chi connectivity index (χ0v) is 11.7. The maximum atomic E-state index is 5.57. The van der Waals surface area contributed by atoms with E-state index in [2.05, 4.69) is 29.2 Å². The second-order valence-corrected chi connectivity index (χ2v) is 5.34. The molecule has 5 heteroatoms. The summed E-state index contributed by atoms with van der Waals surface area (Å²) in [6, 6.07) is 6.95. The number of rotatable bonds is 6. The highest BCUT2D eigenvalue weighted by atomic mass is 32.1. The minimum absolute atomic E-state index is 0.335. The van der Waals surface area contributed by atoms with Crippen LogP contribution < -0.4 is 11.1 Å². The number of hydrogen-bond donors (Lipinski definition) is 2. The maximum Gasteiger partial charge on any atom is 0.126 e. The summed E-state index contributed by atoms with van der Waals surface area (Å²) in [5.41, 5.74) is 6.23. The standard InChI is InChI=1S/C13H20N4S/c1-9(17(2)10-6-7-10)8-15-12-5-3-4-11(16-12)13(14)18/h3-5,9-10H,6-8H2,1-2H3,(H2,14,18)(H,15,16). The van der Waals surface area contributed by atoms with Crippen molar-refractivity contribution in [2.75, 3.05) is 18.9 Å². The zero-order valence-electron chi connectivity index (χ0n) is 10.9. The van der Waals surface area contributed by atoms with E-state index in [-0.39, 0.29) is 0 Å². The van der Waals surface area contributed by atoms with Gasteiger partial charge in [0.2, 0.25) is 0 Å². The summed E-state index contributed by atoms with van der Waals surface area (Å²) in [7, 11) is 2.18. The first-order valence-corrected chi connectivity index (χ1v) is 6.71. The Kier molecular flexibility index (Phi) is 4.14. The molecule has 0 aromatic carbocycles. The quantitative estimate of drug-likeness (QED) is 0.765. The number of thiocarbonyl (C=S) groups is 1. The monoisotopic (exact) mass is 264 g/mol. The van der Waals surface area contributed by atoms with Gasteiger partial charge in [-0.2, -0.15) is 0 Å². The molecule has 1 aliphatic rings. The molecule has 1 unspecified atom stereocenters. The van der Waals surface area contributed by atoms with Gasteiger partial charge in [0.1, 0.15) is 10.8 Å². The SMILES string of the molecule is CC(CNc1cccc(C(N)=S)n1)N(C)C1CC1. The van der Waals surface area contributed by atoms with Crippen molar-refractivity contribution in [3.63, 3.8) is 0 Å². The number of anilines is 1. The van der Waals surface area contributed by atoms with Gasteiger partial charge in [0.25, 0.3) is 0 Å². The Bertz CT molecular complexity index is 431. The Hall–Kier alpha value is -1.20. The summed E-state index contributed by atoms with van der Waals surface area (Å²) in [6.07, 6.45) is 2.66. The molecule has 1 atom stereocenters. The van der Waals surface area contributed by atoms with Crippen LogP contribution in [0.1, 0.15) is 25.5 Å². The number of aromatic nitrogens is 1. The Morgan fingerprint density at radius 2 is 2.33 bits per heavy atom. The second kappa shape index (κ2) is 5.63. The van der Waals surface area contributed by atoms with Gasteiger partial charge in [0.05, 0.1) is 5.69 Å². The van der Waals surface area contributed by atoms with Crippen LogP contribution in [0.25, 0.3) is 0 Å². The van der Waals surface area contributed by atoms with Crippen LogP contribution >= 0.6 is 12.2 Å². The van der Waals surface area contributed by atoms with Crippen molar-refractivity contribution in [3.05, 3.63) is 23.9 Å². The lowest BCUT2D eigenvalue weighted by molar-refractivity contribution is 0.257. The van der Waals surface area contributed by atoms with Gasteiger partial charge < -0.3 is 11.1 Å². The van der Waals surface area contributed by atoms with Crippen molar-refractivity contribution in [3.8, 4) is 0 Å². The van der Waals surface area contributed by atoms with Crippen molar-refractivity contribution in [2.24, 2.45) is 5.73 Å². The van der Waals surface area contributed by atoms with Crippen molar-refractivity contribution in [1.82, 2.24) is 9.88 Å². The summed E-state index contributed by atoms with van der Waals surface area (Å²) in [5.74, 6) is 0.830. The lowest BCUT2D eigenvalue weighted by Gasteiger charge is -2.24. The van der Waals surface area contributed by atoms with Crippen LogP contribution in [0.2, 0.25) is 0 Å². The van der Waals surface area contributed by atoms with E-state index >= 15 is 0 Å². The highest BCUT2D eigenvalue weighted by molar-refractivity contribution is 7.80. The van der Waals surface area contributed by atoms with Crippen LogP contribution in [0.5, 0.6) is 0 Å². The molecule has 2 rings (SSSR count). The summed E-state index contributed by atoms with van der Waals surface area (Å²) < 4.78 is 0. The number of pyridine rings is 1. The molecule has 0 saturated heterocycles. The Morgan fingerprint density at radius 3 is 2.94 bits per heavy atom. The van der Waals surface area contributed by atoms with E-state index in [0.29, 0.717) is 16.7 Å². The number of nitrogens with one attached hydrogen (secondary N) is 1. The first-order chi connectivity index (χ1) is 8.58. The predicted molar refractivity (Wildman–Crippen MR) is 78.9 cm³/mol. The molecule has 0 radical (unpaired) electrons. The van der Waals surface area contributed by atoms with Gasteiger partial charge >= 0.3 is 0 Å². The van der Waals surface area contributed by atoms with Gasteiger partial charge in [-0.25, -0.2) is 4.98 Å². The molecule has 3 N–H and O–H groups in total. The third-order valence-corrected chi connectivity index (χ3v) is 3.61. The van der Waals surface area contributed by atoms with Crippen LogP contribution in [-0.4, -0.2) is 40.5 Å². The fourth-order valence-corrected chi connectivity index (χ4v) is 2.02. The summed E-state index contributed by atoms with van der Waals surface area (Å²) in [4.78, 5) is 7.12. The number of nitrogens with zero attached hydrogens (tertiary/aromatic N) is 2. The van der Waals surface area contributed by atoms with Crippen molar-refractivity contribution >= 4 is 23.0 Å². The van der Waals surface area contributed by atoms with Gasteiger partial charge in [-0.15, -0.1) is 0 Å². The third kappa shape index (κ3) is 3.40. The molecular weight excluding hydrogens is 244 g/mol. The van der Waals surface area contributed by atoms with Crippen LogP contribution in [0.15, 0.2) is 18.2 Å². The van der Waals surface area contributed by atoms with E-state index in [1.165, 1.54) is 12.8 Å². The molecule has 1 aliphatic carbocycles. The average molecular weight is 264 g/mol. The van der Waals surface area contributed by atoms with Crippen molar-refractivity contribution in [2.45, 2.75) is 31.8 Å². The normalized spacial score (nSPS) is 16.6. The van der Waals surface area contributed by atoms with Crippen molar-refractivity contribution in [1.29, 1.82) is 0 Å². The molecule has 1 fully saturated rings. The molecule has 1 aromatic heterocycles. The van der Waals surface area contributed by atoms with Crippen LogP contribution in [0.4, 0.5) is 5.82 Å².